The molecule has 1 aromatic rings. The van der Waals surface area contributed by atoms with E-state index < -0.39 is 0 Å². The van der Waals surface area contributed by atoms with Gasteiger partial charge in [0.25, 0.3) is 0 Å². The maximum Gasteiger partial charge on any atom is 0.347 e. The van der Waals surface area contributed by atoms with Crippen LogP contribution >= 0.6 is 0 Å². The van der Waals surface area contributed by atoms with Crippen LogP contribution in [0.3, 0.4) is 0 Å². The molecule has 0 saturated carbocycles. The summed E-state index contributed by atoms with van der Waals surface area (Å²) >= 11 is 0. The van der Waals surface area contributed by atoms with Gasteiger partial charge in [-0.3, -0.25) is 4.57 Å². The zero-order chi connectivity index (χ0) is 9.68. The first kappa shape index (κ1) is 9.67. The number of nitrogens with zero attached hydrogens (tertiary/aromatic N) is 2. The maximum atomic E-state index is 11.2. The first-order valence-corrected chi connectivity index (χ1v) is 4.12. The number of aryl methyl sites for hydroxylation is 1. The molecule has 0 fully saturated rings. The summed E-state index contributed by atoms with van der Waals surface area (Å²) in [6, 6.07) is 0. The molecular formula is C9H13N3O. The summed E-state index contributed by atoms with van der Waals surface area (Å²) in [6.45, 7) is 2.92. The van der Waals surface area contributed by atoms with Crippen LogP contribution in [0.5, 0.6) is 0 Å². The van der Waals surface area contributed by atoms with Gasteiger partial charge in [0.05, 0.1) is 0 Å². The van der Waals surface area contributed by atoms with Crippen LogP contribution in [0.25, 0.3) is 0 Å². The first-order chi connectivity index (χ1) is 6.24. The number of aromatic nitrogens is 2. The average Bonchev–Trinajstić information content (AvgIpc) is 2.11. The highest BCUT2D eigenvalue weighted by Crippen LogP contribution is 1.89. The van der Waals surface area contributed by atoms with Crippen LogP contribution in [-0.2, 0) is 6.54 Å². The first-order valence-electron chi connectivity index (χ1n) is 4.12. The predicted octanol–water partition coefficient (Wildman–Crippen LogP) is 0.0666. The highest BCUT2D eigenvalue weighted by molar-refractivity contribution is 5.00. The van der Waals surface area contributed by atoms with Crippen molar-refractivity contribution in [2.75, 3.05) is 6.54 Å². The molecule has 0 atom stereocenters. The zero-order valence-electron chi connectivity index (χ0n) is 7.60. The van der Waals surface area contributed by atoms with Crippen molar-refractivity contribution in [2.45, 2.75) is 13.5 Å². The third kappa shape index (κ3) is 2.83. The molecule has 1 aromatic heterocycles. The predicted molar refractivity (Wildman–Crippen MR) is 51.4 cm³/mol. The van der Waals surface area contributed by atoms with Crippen molar-refractivity contribution in [2.24, 2.45) is 5.73 Å². The molecule has 0 bridgehead atoms. The SMILES string of the molecule is Cc1cnc(=O)n(C/C=C/CN)c1. The van der Waals surface area contributed by atoms with Gasteiger partial charge in [-0.05, 0) is 12.5 Å². The van der Waals surface area contributed by atoms with Gasteiger partial charge in [-0.2, -0.15) is 0 Å². The number of hydrogen-bond acceptors (Lipinski definition) is 3. The van der Waals surface area contributed by atoms with E-state index in [1.54, 1.807) is 17.0 Å². The van der Waals surface area contributed by atoms with Crippen molar-refractivity contribution >= 4 is 0 Å². The van der Waals surface area contributed by atoms with Crippen molar-refractivity contribution in [3.8, 4) is 0 Å². The lowest BCUT2D eigenvalue weighted by molar-refractivity contribution is 0.735. The Morgan fingerprint density at radius 1 is 1.62 bits per heavy atom. The Labute approximate surface area is 76.7 Å². The van der Waals surface area contributed by atoms with E-state index in [9.17, 15) is 4.79 Å². The Kier molecular flexibility index (Phi) is 3.40. The molecule has 1 rings (SSSR count). The molecule has 0 aliphatic heterocycles. The number of allylic oxidation sites excluding steroid dienone is 1. The summed E-state index contributed by atoms with van der Waals surface area (Å²) in [7, 11) is 0. The standard InChI is InChI=1S/C9H13N3O/c1-8-6-11-9(13)12(7-8)5-3-2-4-10/h2-3,6-7H,4-5,10H2,1H3/b3-2+. The third-order valence-corrected chi connectivity index (χ3v) is 1.59. The fourth-order valence-corrected chi connectivity index (χ4v) is 0.981. The Bertz CT molecular complexity index is 354. The maximum absolute atomic E-state index is 11.2. The minimum absolute atomic E-state index is 0.229. The van der Waals surface area contributed by atoms with Crippen LogP contribution in [-0.4, -0.2) is 16.1 Å². The molecule has 0 saturated heterocycles. The molecule has 0 radical (unpaired) electrons. The highest BCUT2D eigenvalue weighted by Gasteiger charge is 1.93. The van der Waals surface area contributed by atoms with E-state index in [0.717, 1.165) is 5.56 Å². The van der Waals surface area contributed by atoms with Crippen LogP contribution in [0, 0.1) is 6.92 Å². The van der Waals surface area contributed by atoms with Gasteiger partial charge >= 0.3 is 5.69 Å². The fourth-order valence-electron chi connectivity index (χ4n) is 0.981. The molecule has 1 heterocycles. The average molecular weight is 179 g/mol. The van der Waals surface area contributed by atoms with Crippen molar-refractivity contribution < 1.29 is 0 Å². The lowest BCUT2D eigenvalue weighted by Gasteiger charge is -2.00. The number of hydrogen-bond donors (Lipinski definition) is 1. The van der Waals surface area contributed by atoms with Crippen LogP contribution < -0.4 is 11.4 Å². The van der Waals surface area contributed by atoms with Gasteiger partial charge in [-0.25, -0.2) is 9.78 Å². The Balaban J connectivity index is 2.82. The molecule has 4 heteroatoms. The van der Waals surface area contributed by atoms with Crippen LogP contribution in [0.4, 0.5) is 0 Å². The number of nitrogens with two attached hydrogens (primary N) is 1. The molecule has 0 amide bonds. The normalized spacial score (nSPS) is 10.9. The molecule has 13 heavy (non-hydrogen) atoms. The van der Waals surface area contributed by atoms with E-state index in [2.05, 4.69) is 4.98 Å². The molecule has 0 spiro atoms. The summed E-state index contributed by atoms with van der Waals surface area (Å²) in [5, 5.41) is 0. The van der Waals surface area contributed by atoms with Gasteiger partial charge in [0, 0.05) is 25.5 Å². The summed E-state index contributed by atoms with van der Waals surface area (Å²) in [6.07, 6.45) is 7.00. The largest absolute Gasteiger partial charge is 0.347 e. The summed E-state index contributed by atoms with van der Waals surface area (Å²) in [5.41, 5.74) is 6.01. The monoisotopic (exact) mass is 179 g/mol. The van der Waals surface area contributed by atoms with Crippen LogP contribution in [0.2, 0.25) is 0 Å². The summed E-state index contributed by atoms with van der Waals surface area (Å²) in [4.78, 5) is 14.9. The fraction of sp³-hybridized carbons (Fsp3) is 0.333. The smallest absolute Gasteiger partial charge is 0.327 e. The molecular weight excluding hydrogens is 166 g/mol. The van der Waals surface area contributed by atoms with Crippen LogP contribution in [0.1, 0.15) is 5.56 Å². The quantitative estimate of drug-likeness (QED) is 0.668. The summed E-state index contributed by atoms with van der Waals surface area (Å²) in [5.74, 6) is 0. The van der Waals surface area contributed by atoms with E-state index in [-0.39, 0.29) is 5.69 Å². The molecule has 0 aromatic carbocycles. The van der Waals surface area contributed by atoms with Gasteiger partial charge in [-0.15, -0.1) is 0 Å². The van der Waals surface area contributed by atoms with Gasteiger partial charge in [0.2, 0.25) is 0 Å². The van der Waals surface area contributed by atoms with Gasteiger partial charge in [0.1, 0.15) is 0 Å². The van der Waals surface area contributed by atoms with E-state index in [0.29, 0.717) is 13.1 Å². The Morgan fingerprint density at radius 2 is 2.38 bits per heavy atom. The third-order valence-electron chi connectivity index (χ3n) is 1.59. The van der Waals surface area contributed by atoms with Gasteiger partial charge in [0.15, 0.2) is 0 Å². The van der Waals surface area contributed by atoms with Crippen molar-refractivity contribution in [1.29, 1.82) is 0 Å². The zero-order valence-corrected chi connectivity index (χ0v) is 7.60. The minimum atomic E-state index is -0.229. The number of rotatable bonds is 3. The molecule has 0 aliphatic rings. The van der Waals surface area contributed by atoms with Crippen molar-refractivity contribution in [1.82, 2.24) is 9.55 Å². The highest BCUT2D eigenvalue weighted by atomic mass is 16.1. The molecule has 4 nitrogen and oxygen atoms in total. The van der Waals surface area contributed by atoms with Crippen LogP contribution in [0.15, 0.2) is 29.3 Å². The van der Waals surface area contributed by atoms with E-state index >= 15 is 0 Å². The molecule has 70 valence electrons. The molecule has 0 unspecified atom stereocenters. The van der Waals surface area contributed by atoms with E-state index in [1.165, 1.54) is 0 Å². The Hall–Kier alpha value is -1.42. The molecule has 0 aliphatic carbocycles. The minimum Gasteiger partial charge on any atom is -0.327 e. The van der Waals surface area contributed by atoms with Crippen molar-refractivity contribution in [3.63, 3.8) is 0 Å². The van der Waals surface area contributed by atoms with Gasteiger partial charge < -0.3 is 5.73 Å². The van der Waals surface area contributed by atoms with E-state index in [1.807, 2.05) is 19.1 Å². The second-order valence-corrected chi connectivity index (χ2v) is 2.77. The second kappa shape index (κ2) is 4.57. The Morgan fingerprint density at radius 3 is 3.08 bits per heavy atom. The van der Waals surface area contributed by atoms with Gasteiger partial charge in [-0.1, -0.05) is 12.2 Å². The second-order valence-electron chi connectivity index (χ2n) is 2.77. The van der Waals surface area contributed by atoms with E-state index in [4.69, 9.17) is 5.73 Å². The lowest BCUT2D eigenvalue weighted by Crippen LogP contribution is -2.21. The summed E-state index contributed by atoms with van der Waals surface area (Å²) < 4.78 is 1.54. The lowest BCUT2D eigenvalue weighted by atomic mass is 10.4. The molecule has 2 N–H and O–H groups in total. The topological polar surface area (TPSA) is 60.9 Å². The van der Waals surface area contributed by atoms with Crippen molar-refractivity contribution in [3.05, 3.63) is 40.6 Å².